The summed E-state index contributed by atoms with van der Waals surface area (Å²) in [7, 11) is 0. The summed E-state index contributed by atoms with van der Waals surface area (Å²) in [5.74, 6) is 0.891. The smallest absolute Gasteiger partial charge is 0.163 e. The number of rotatable bonds is 4. The van der Waals surface area contributed by atoms with Crippen LogP contribution in [0.15, 0.2) is 84.2 Å². The van der Waals surface area contributed by atoms with Gasteiger partial charge in [-0.05, 0) is 42.0 Å². The van der Waals surface area contributed by atoms with Crippen LogP contribution >= 0.6 is 0 Å². The quantitative estimate of drug-likeness (QED) is 0.807. The minimum Gasteiger partial charge on any atom is -0.381 e. The lowest BCUT2D eigenvalue weighted by molar-refractivity contribution is 0.226. The molecule has 2 nitrogen and oxygen atoms in total. The molecule has 1 aromatic carbocycles. The van der Waals surface area contributed by atoms with Gasteiger partial charge >= 0.3 is 0 Å². The Hall–Kier alpha value is -2.74. The molecule has 0 bridgehead atoms. The molecule has 0 aromatic heterocycles. The van der Waals surface area contributed by atoms with Gasteiger partial charge in [-0.3, -0.25) is 0 Å². The van der Waals surface area contributed by atoms with Crippen molar-refractivity contribution in [1.82, 2.24) is 5.48 Å². The Kier molecular flexibility index (Phi) is 3.51. The molecule has 114 valence electrons. The molecule has 2 heteroatoms. The molecule has 0 fully saturated rings. The van der Waals surface area contributed by atoms with Crippen LogP contribution in [0.25, 0.3) is 5.57 Å². The summed E-state index contributed by atoms with van der Waals surface area (Å²) >= 11 is 0. The van der Waals surface area contributed by atoms with E-state index in [1.54, 1.807) is 0 Å². The van der Waals surface area contributed by atoms with Crippen LogP contribution < -0.4 is 10.3 Å². The number of hydroxylamine groups is 1. The predicted octanol–water partition coefficient (Wildman–Crippen LogP) is 4.80. The highest BCUT2D eigenvalue weighted by Gasteiger charge is 2.27. The van der Waals surface area contributed by atoms with Crippen LogP contribution in [-0.2, 0) is 6.42 Å². The molecule has 0 spiro atoms. The van der Waals surface area contributed by atoms with E-state index in [0.29, 0.717) is 0 Å². The van der Waals surface area contributed by atoms with Gasteiger partial charge in [0.2, 0.25) is 0 Å². The van der Waals surface area contributed by atoms with Crippen molar-refractivity contribution in [3.05, 3.63) is 95.3 Å². The molecule has 0 unspecified atom stereocenters. The van der Waals surface area contributed by atoms with Crippen LogP contribution in [0.3, 0.4) is 0 Å². The number of hydrogen-bond donors (Lipinski definition) is 1. The Labute approximate surface area is 136 Å². The molecule has 1 aromatic rings. The van der Waals surface area contributed by atoms with Gasteiger partial charge in [-0.15, -0.1) is 6.58 Å². The van der Waals surface area contributed by atoms with Gasteiger partial charge in [0, 0.05) is 11.1 Å². The Morgan fingerprint density at radius 1 is 1.09 bits per heavy atom. The van der Waals surface area contributed by atoms with Crippen molar-refractivity contribution in [1.29, 1.82) is 0 Å². The monoisotopic (exact) mass is 301 g/mol. The maximum atomic E-state index is 5.87. The lowest BCUT2D eigenvalue weighted by Gasteiger charge is -2.28. The molecular formula is C21H19NO. The van der Waals surface area contributed by atoms with E-state index in [2.05, 4.69) is 54.6 Å². The fourth-order valence-corrected chi connectivity index (χ4v) is 3.37. The van der Waals surface area contributed by atoms with Crippen molar-refractivity contribution in [2.45, 2.75) is 19.3 Å². The molecule has 0 radical (unpaired) electrons. The highest BCUT2D eigenvalue weighted by Crippen LogP contribution is 2.43. The molecule has 23 heavy (non-hydrogen) atoms. The lowest BCUT2D eigenvalue weighted by atomic mass is 9.87. The third-order valence-corrected chi connectivity index (χ3v) is 4.42. The second-order valence-electron chi connectivity index (χ2n) is 5.89. The highest BCUT2D eigenvalue weighted by atomic mass is 16.6. The summed E-state index contributed by atoms with van der Waals surface area (Å²) in [4.78, 5) is 5.87. The Balaban J connectivity index is 1.94. The molecule has 0 saturated carbocycles. The fourth-order valence-electron chi connectivity index (χ4n) is 3.37. The summed E-state index contributed by atoms with van der Waals surface area (Å²) in [6.07, 6.45) is 17.7. The Bertz CT molecular complexity index is 818. The SMILES string of the molecule is C=CCc1cccc2c1C(C1=CC=CC1)=C(C1=CC=CC1)NO2. The van der Waals surface area contributed by atoms with Crippen molar-refractivity contribution in [3.8, 4) is 5.75 Å². The minimum absolute atomic E-state index is 0.835. The summed E-state index contributed by atoms with van der Waals surface area (Å²) in [6.45, 7) is 3.90. The zero-order chi connectivity index (χ0) is 15.6. The first-order valence-electron chi connectivity index (χ1n) is 8.01. The van der Waals surface area contributed by atoms with E-state index in [0.717, 1.165) is 30.7 Å². The third kappa shape index (κ3) is 2.36. The van der Waals surface area contributed by atoms with Gasteiger partial charge in [-0.25, -0.2) is 5.48 Å². The zero-order valence-corrected chi connectivity index (χ0v) is 13.0. The standard InChI is InChI=1S/C21H19NO/c1-2-8-15-13-7-14-18-19(15)20(16-9-3-4-10-16)21(22-23-18)17-11-5-6-12-17/h2-7,9,11,13-14,22H,1,8,10,12H2. The summed E-state index contributed by atoms with van der Waals surface area (Å²) < 4.78 is 0. The van der Waals surface area contributed by atoms with E-state index in [9.17, 15) is 0 Å². The van der Waals surface area contributed by atoms with Crippen LogP contribution in [-0.4, -0.2) is 0 Å². The first kappa shape index (κ1) is 13.9. The molecule has 3 aliphatic rings. The first-order chi connectivity index (χ1) is 11.4. The summed E-state index contributed by atoms with van der Waals surface area (Å²) in [5.41, 5.74) is 10.6. The molecule has 0 saturated heterocycles. The van der Waals surface area contributed by atoms with Crippen LogP contribution in [0.2, 0.25) is 0 Å². The van der Waals surface area contributed by atoms with Crippen molar-refractivity contribution in [2.24, 2.45) is 0 Å². The fraction of sp³-hybridized carbons (Fsp3) is 0.143. The molecule has 2 aliphatic carbocycles. The Morgan fingerprint density at radius 2 is 1.87 bits per heavy atom. The molecule has 1 heterocycles. The van der Waals surface area contributed by atoms with Gasteiger partial charge in [0.25, 0.3) is 0 Å². The van der Waals surface area contributed by atoms with E-state index in [-0.39, 0.29) is 0 Å². The van der Waals surface area contributed by atoms with Crippen molar-refractivity contribution < 1.29 is 4.84 Å². The van der Waals surface area contributed by atoms with E-state index < -0.39 is 0 Å². The largest absolute Gasteiger partial charge is 0.381 e. The molecule has 0 amide bonds. The number of hydrogen-bond acceptors (Lipinski definition) is 2. The lowest BCUT2D eigenvalue weighted by Crippen LogP contribution is -2.26. The highest BCUT2D eigenvalue weighted by molar-refractivity contribution is 5.90. The molecule has 1 aliphatic heterocycles. The van der Waals surface area contributed by atoms with E-state index in [1.165, 1.54) is 27.8 Å². The van der Waals surface area contributed by atoms with Crippen LogP contribution in [0.1, 0.15) is 24.0 Å². The normalized spacial score (nSPS) is 18.3. The second kappa shape index (κ2) is 5.81. The van der Waals surface area contributed by atoms with E-state index in [4.69, 9.17) is 4.84 Å². The van der Waals surface area contributed by atoms with Crippen LogP contribution in [0.4, 0.5) is 0 Å². The van der Waals surface area contributed by atoms with Crippen molar-refractivity contribution in [2.75, 3.05) is 0 Å². The van der Waals surface area contributed by atoms with Gasteiger partial charge in [0.1, 0.15) is 0 Å². The molecule has 4 rings (SSSR count). The number of allylic oxidation sites excluding steroid dienone is 10. The van der Waals surface area contributed by atoms with Crippen LogP contribution in [0, 0.1) is 0 Å². The second-order valence-corrected chi connectivity index (χ2v) is 5.89. The molecular weight excluding hydrogens is 282 g/mol. The first-order valence-corrected chi connectivity index (χ1v) is 8.01. The summed E-state index contributed by atoms with van der Waals surface area (Å²) in [6, 6.07) is 6.23. The Morgan fingerprint density at radius 3 is 2.57 bits per heavy atom. The van der Waals surface area contributed by atoms with Crippen LogP contribution in [0.5, 0.6) is 5.75 Å². The minimum atomic E-state index is 0.835. The number of benzene rings is 1. The maximum Gasteiger partial charge on any atom is 0.163 e. The van der Waals surface area contributed by atoms with Gasteiger partial charge in [0.05, 0.1) is 5.70 Å². The van der Waals surface area contributed by atoms with Gasteiger partial charge in [-0.1, -0.05) is 54.7 Å². The van der Waals surface area contributed by atoms with Gasteiger partial charge < -0.3 is 4.84 Å². The average Bonchev–Trinajstić information content (AvgIpc) is 3.28. The third-order valence-electron chi connectivity index (χ3n) is 4.42. The summed E-state index contributed by atoms with van der Waals surface area (Å²) in [5, 5.41) is 0. The van der Waals surface area contributed by atoms with Gasteiger partial charge in [-0.2, -0.15) is 0 Å². The topological polar surface area (TPSA) is 21.3 Å². The number of fused-ring (bicyclic) bond motifs is 1. The average molecular weight is 301 g/mol. The zero-order valence-electron chi connectivity index (χ0n) is 13.0. The molecule has 0 atom stereocenters. The van der Waals surface area contributed by atoms with Crippen molar-refractivity contribution >= 4 is 5.57 Å². The molecule has 1 N–H and O–H groups in total. The van der Waals surface area contributed by atoms with Gasteiger partial charge in [0.15, 0.2) is 5.75 Å². The maximum absolute atomic E-state index is 5.87. The predicted molar refractivity (Wildman–Crippen MR) is 94.7 cm³/mol. The van der Waals surface area contributed by atoms with Crippen molar-refractivity contribution in [3.63, 3.8) is 0 Å². The van der Waals surface area contributed by atoms with E-state index >= 15 is 0 Å². The number of nitrogens with one attached hydrogen (secondary N) is 1. The van der Waals surface area contributed by atoms with E-state index in [1.807, 2.05) is 18.2 Å².